The molecule has 1 atom stereocenters. The Kier molecular flexibility index (Phi) is 5.03. The highest BCUT2D eigenvalue weighted by molar-refractivity contribution is 6.30. The summed E-state index contributed by atoms with van der Waals surface area (Å²) in [6.45, 7) is -0.0525. The van der Waals surface area contributed by atoms with E-state index >= 15 is 0 Å². The minimum Gasteiger partial charge on any atom is -0.479 e. The summed E-state index contributed by atoms with van der Waals surface area (Å²) in [5.41, 5.74) is 2.13. The third-order valence-electron chi connectivity index (χ3n) is 5.28. The minimum absolute atomic E-state index is 0.0525. The average molecular weight is 385 g/mol. The first-order valence-electron chi connectivity index (χ1n) is 9.24. The summed E-state index contributed by atoms with van der Waals surface area (Å²) in [6.07, 6.45) is 4.39. The number of ether oxygens (including phenoxy) is 1. The van der Waals surface area contributed by atoms with Gasteiger partial charge in [0.25, 0.3) is 5.91 Å². The highest BCUT2D eigenvalue weighted by Gasteiger charge is 2.33. The minimum atomic E-state index is -0.237. The fourth-order valence-electron chi connectivity index (χ4n) is 4.02. The van der Waals surface area contributed by atoms with Crippen LogP contribution in [-0.2, 0) is 9.59 Å². The van der Waals surface area contributed by atoms with Gasteiger partial charge in [0.05, 0.1) is 17.3 Å². The molecule has 2 aromatic carbocycles. The van der Waals surface area contributed by atoms with E-state index in [0.29, 0.717) is 28.1 Å². The standard InChI is InChI=1S/C21H21ClN2O3/c22-15-10-8-14(9-11-15)19(13-4-1-2-5-13)21(26)24-17-7-3-6-16-20(17)27-12-18(25)23-16/h3,6-11,13,19H,1-2,4-5,12H2,(H,23,25)(H,24,26). The Morgan fingerprint density at radius 2 is 1.89 bits per heavy atom. The molecule has 0 aromatic heterocycles. The number of rotatable bonds is 4. The van der Waals surface area contributed by atoms with Crippen molar-refractivity contribution in [3.8, 4) is 5.75 Å². The molecule has 0 spiro atoms. The molecule has 1 saturated carbocycles. The topological polar surface area (TPSA) is 67.4 Å². The lowest BCUT2D eigenvalue weighted by atomic mass is 9.84. The lowest BCUT2D eigenvalue weighted by Crippen LogP contribution is -2.29. The van der Waals surface area contributed by atoms with Crippen LogP contribution in [0.25, 0.3) is 0 Å². The first-order chi connectivity index (χ1) is 13.1. The van der Waals surface area contributed by atoms with Gasteiger partial charge in [0.2, 0.25) is 5.91 Å². The molecule has 2 N–H and O–H groups in total. The highest BCUT2D eigenvalue weighted by atomic mass is 35.5. The fraction of sp³-hybridized carbons (Fsp3) is 0.333. The van der Waals surface area contributed by atoms with Crippen molar-refractivity contribution in [2.75, 3.05) is 17.2 Å². The van der Waals surface area contributed by atoms with Crippen LogP contribution in [0.5, 0.6) is 5.75 Å². The summed E-state index contributed by atoms with van der Waals surface area (Å²) < 4.78 is 5.55. The van der Waals surface area contributed by atoms with E-state index in [9.17, 15) is 9.59 Å². The lowest BCUT2D eigenvalue weighted by molar-refractivity contribution is -0.119. The lowest BCUT2D eigenvalue weighted by Gasteiger charge is -2.25. The Morgan fingerprint density at radius 3 is 2.63 bits per heavy atom. The number of hydrogen-bond donors (Lipinski definition) is 2. The molecule has 0 radical (unpaired) electrons. The van der Waals surface area contributed by atoms with Crippen LogP contribution in [0, 0.1) is 5.92 Å². The van der Waals surface area contributed by atoms with Crippen LogP contribution in [0.3, 0.4) is 0 Å². The predicted molar refractivity (Wildman–Crippen MR) is 105 cm³/mol. The molecule has 6 heteroatoms. The van der Waals surface area contributed by atoms with E-state index in [0.717, 1.165) is 31.2 Å². The number of anilines is 2. The van der Waals surface area contributed by atoms with Gasteiger partial charge in [-0.05, 0) is 48.6 Å². The molecule has 2 aliphatic rings. The molecule has 2 aromatic rings. The maximum Gasteiger partial charge on any atom is 0.262 e. The summed E-state index contributed by atoms with van der Waals surface area (Å²) in [6, 6.07) is 12.9. The van der Waals surface area contributed by atoms with Gasteiger partial charge < -0.3 is 15.4 Å². The normalized spacial score (nSPS) is 17.6. The fourth-order valence-corrected chi connectivity index (χ4v) is 4.15. The van der Waals surface area contributed by atoms with Gasteiger partial charge in [-0.2, -0.15) is 0 Å². The van der Waals surface area contributed by atoms with Crippen molar-refractivity contribution >= 4 is 34.8 Å². The molecule has 1 aliphatic carbocycles. The summed E-state index contributed by atoms with van der Waals surface area (Å²) >= 11 is 6.03. The average Bonchev–Trinajstić information content (AvgIpc) is 3.17. The molecule has 27 heavy (non-hydrogen) atoms. The number of nitrogens with one attached hydrogen (secondary N) is 2. The molecule has 1 unspecified atom stereocenters. The van der Waals surface area contributed by atoms with Crippen molar-refractivity contribution in [2.45, 2.75) is 31.6 Å². The van der Waals surface area contributed by atoms with Gasteiger partial charge in [-0.1, -0.05) is 42.6 Å². The molecule has 0 saturated heterocycles. The monoisotopic (exact) mass is 384 g/mol. The van der Waals surface area contributed by atoms with Gasteiger partial charge in [0.15, 0.2) is 12.4 Å². The molecule has 1 heterocycles. The number of para-hydroxylation sites is 1. The van der Waals surface area contributed by atoms with Crippen molar-refractivity contribution in [2.24, 2.45) is 5.92 Å². The van der Waals surface area contributed by atoms with Gasteiger partial charge in [0, 0.05) is 5.02 Å². The second-order valence-electron chi connectivity index (χ2n) is 7.08. The van der Waals surface area contributed by atoms with Crippen LogP contribution in [-0.4, -0.2) is 18.4 Å². The van der Waals surface area contributed by atoms with Crippen molar-refractivity contribution in [3.63, 3.8) is 0 Å². The number of halogens is 1. The number of fused-ring (bicyclic) bond motifs is 1. The second kappa shape index (κ2) is 7.61. The van der Waals surface area contributed by atoms with E-state index in [1.165, 1.54) is 0 Å². The smallest absolute Gasteiger partial charge is 0.262 e. The first kappa shape index (κ1) is 17.9. The van der Waals surface area contributed by atoms with Crippen molar-refractivity contribution in [3.05, 3.63) is 53.1 Å². The zero-order valence-electron chi connectivity index (χ0n) is 14.8. The van der Waals surface area contributed by atoms with Gasteiger partial charge in [-0.15, -0.1) is 0 Å². The quantitative estimate of drug-likeness (QED) is 0.810. The number of carbonyl (C=O) groups excluding carboxylic acids is 2. The largest absolute Gasteiger partial charge is 0.479 e. The molecule has 0 bridgehead atoms. The number of hydrogen-bond acceptors (Lipinski definition) is 3. The summed E-state index contributed by atoms with van der Waals surface area (Å²) in [5, 5.41) is 6.45. The van der Waals surface area contributed by atoms with Crippen LogP contribution < -0.4 is 15.4 Å². The Morgan fingerprint density at radius 1 is 1.15 bits per heavy atom. The van der Waals surface area contributed by atoms with E-state index < -0.39 is 0 Å². The summed E-state index contributed by atoms with van der Waals surface area (Å²) in [5.74, 6) is 0.325. The molecular formula is C21H21ClN2O3. The molecule has 2 amide bonds. The first-order valence-corrected chi connectivity index (χ1v) is 9.61. The van der Waals surface area contributed by atoms with Crippen molar-refractivity contribution in [1.82, 2.24) is 0 Å². The van der Waals surface area contributed by atoms with E-state index in [-0.39, 0.29) is 24.3 Å². The van der Waals surface area contributed by atoms with Crippen LogP contribution in [0.15, 0.2) is 42.5 Å². The van der Waals surface area contributed by atoms with Crippen molar-refractivity contribution in [1.29, 1.82) is 0 Å². The summed E-state index contributed by atoms with van der Waals surface area (Å²) in [7, 11) is 0. The maximum atomic E-state index is 13.2. The Balaban J connectivity index is 1.62. The summed E-state index contributed by atoms with van der Waals surface area (Å²) in [4.78, 5) is 24.8. The SMILES string of the molecule is O=C1COc2c(cccc2NC(=O)C(c2ccc(Cl)cc2)C2CCCC2)N1. The van der Waals surface area contributed by atoms with Crippen LogP contribution in [0.1, 0.15) is 37.2 Å². The van der Waals surface area contributed by atoms with E-state index in [2.05, 4.69) is 10.6 Å². The predicted octanol–water partition coefficient (Wildman–Crippen LogP) is 4.58. The van der Waals surface area contributed by atoms with Crippen LogP contribution in [0.2, 0.25) is 5.02 Å². The second-order valence-corrected chi connectivity index (χ2v) is 7.52. The maximum absolute atomic E-state index is 13.2. The molecule has 140 valence electrons. The molecule has 4 rings (SSSR count). The Bertz CT molecular complexity index is 860. The molecular weight excluding hydrogens is 364 g/mol. The van der Waals surface area contributed by atoms with Gasteiger partial charge >= 0.3 is 0 Å². The molecule has 5 nitrogen and oxygen atoms in total. The Labute approximate surface area is 163 Å². The van der Waals surface area contributed by atoms with E-state index in [1.807, 2.05) is 24.3 Å². The van der Waals surface area contributed by atoms with Crippen molar-refractivity contribution < 1.29 is 14.3 Å². The zero-order valence-corrected chi connectivity index (χ0v) is 15.6. The van der Waals surface area contributed by atoms with Gasteiger partial charge in [0.1, 0.15) is 0 Å². The van der Waals surface area contributed by atoms with E-state index in [4.69, 9.17) is 16.3 Å². The Hall–Kier alpha value is -2.53. The third kappa shape index (κ3) is 3.78. The highest BCUT2D eigenvalue weighted by Crippen LogP contribution is 2.40. The van der Waals surface area contributed by atoms with Crippen LogP contribution in [0.4, 0.5) is 11.4 Å². The van der Waals surface area contributed by atoms with Crippen LogP contribution >= 0.6 is 11.6 Å². The van der Waals surface area contributed by atoms with Gasteiger partial charge in [-0.3, -0.25) is 9.59 Å². The van der Waals surface area contributed by atoms with Gasteiger partial charge in [-0.25, -0.2) is 0 Å². The zero-order chi connectivity index (χ0) is 18.8. The third-order valence-corrected chi connectivity index (χ3v) is 5.53. The van der Waals surface area contributed by atoms with E-state index in [1.54, 1.807) is 18.2 Å². The number of benzene rings is 2. The molecule has 1 aliphatic heterocycles. The number of carbonyl (C=O) groups is 2. The molecule has 1 fully saturated rings. The number of amides is 2.